The average Bonchev–Trinajstić information content (AvgIpc) is 2.83. The third-order valence-corrected chi connectivity index (χ3v) is 7.16. The lowest BCUT2D eigenvalue weighted by Crippen LogP contribution is -2.64. The summed E-state index contributed by atoms with van der Waals surface area (Å²) < 4.78 is 5.40. The van der Waals surface area contributed by atoms with Gasteiger partial charge in [0.2, 0.25) is 0 Å². The quantitative estimate of drug-likeness (QED) is 0.681. The van der Waals surface area contributed by atoms with Crippen molar-refractivity contribution in [3.8, 4) is 0 Å². The average molecular weight is 318 g/mol. The molecule has 1 saturated heterocycles. The molecule has 1 N–H and O–H groups in total. The van der Waals surface area contributed by atoms with Gasteiger partial charge in [0, 0.05) is 18.3 Å². The van der Waals surface area contributed by atoms with Crippen molar-refractivity contribution in [2.75, 3.05) is 0 Å². The van der Waals surface area contributed by atoms with Crippen LogP contribution in [0, 0.1) is 34.5 Å². The molecule has 0 aromatic heterocycles. The zero-order valence-electron chi connectivity index (χ0n) is 13.8. The normalized spacial score (nSPS) is 54.5. The van der Waals surface area contributed by atoms with E-state index in [0.29, 0.717) is 6.42 Å². The Labute approximate surface area is 135 Å². The van der Waals surface area contributed by atoms with Crippen molar-refractivity contribution in [3.05, 3.63) is 11.6 Å². The molecule has 0 aromatic rings. The van der Waals surface area contributed by atoms with Crippen LogP contribution in [0.1, 0.15) is 34.1 Å². The molecule has 5 nitrogen and oxygen atoms in total. The summed E-state index contributed by atoms with van der Waals surface area (Å²) in [6, 6.07) is 0. The van der Waals surface area contributed by atoms with E-state index >= 15 is 0 Å². The summed E-state index contributed by atoms with van der Waals surface area (Å²) in [5.74, 6) is -1.93. The second-order valence-corrected chi connectivity index (χ2v) is 8.18. The van der Waals surface area contributed by atoms with Gasteiger partial charge in [-0.3, -0.25) is 14.4 Å². The Balaban J connectivity index is 1.99. The fourth-order valence-corrected chi connectivity index (χ4v) is 6.09. The van der Waals surface area contributed by atoms with Gasteiger partial charge in [-0.05, 0) is 24.5 Å². The number of Topliss-reactive ketones (excluding diaryl/α,β-unsaturated/α-hetero) is 1. The van der Waals surface area contributed by atoms with E-state index < -0.39 is 40.8 Å². The van der Waals surface area contributed by atoms with Crippen LogP contribution in [0.5, 0.6) is 0 Å². The van der Waals surface area contributed by atoms with E-state index in [1.807, 2.05) is 20.8 Å². The van der Waals surface area contributed by atoms with Crippen molar-refractivity contribution in [1.82, 2.24) is 0 Å². The van der Waals surface area contributed by atoms with Gasteiger partial charge in [0.1, 0.15) is 11.9 Å². The molecule has 0 amide bonds. The fourth-order valence-electron chi connectivity index (χ4n) is 6.09. The number of hydrogen-bond donors (Lipinski definition) is 1. The van der Waals surface area contributed by atoms with Gasteiger partial charge in [0.25, 0.3) is 0 Å². The number of carbonyl (C=O) groups excluding carboxylic acids is 3. The lowest BCUT2D eigenvalue weighted by Gasteiger charge is -2.55. The second-order valence-electron chi connectivity index (χ2n) is 8.18. The van der Waals surface area contributed by atoms with Gasteiger partial charge in [-0.1, -0.05) is 20.8 Å². The summed E-state index contributed by atoms with van der Waals surface area (Å²) >= 11 is 0. The Morgan fingerprint density at radius 2 is 1.87 bits per heavy atom. The highest BCUT2D eigenvalue weighted by atomic mass is 16.6. The summed E-state index contributed by atoms with van der Waals surface area (Å²) in [6.45, 7) is 7.36. The maximum Gasteiger partial charge on any atom is 0.310 e. The Bertz CT molecular complexity index is 679. The molecule has 3 aliphatic carbocycles. The molecule has 4 aliphatic rings. The maximum absolute atomic E-state index is 13.0. The minimum atomic E-state index is -1.08. The SMILES string of the molecule is C[C@H]1[C@H]2OC(=O)[C@@H]1[C@]1(C)C(=O)C=C3[C@H](C)CC(=O)[C@]3(C)[C@H]1[C@H]2O. The summed E-state index contributed by atoms with van der Waals surface area (Å²) in [7, 11) is 0. The van der Waals surface area contributed by atoms with Crippen molar-refractivity contribution in [1.29, 1.82) is 0 Å². The second kappa shape index (κ2) is 4.12. The molecule has 3 fully saturated rings. The van der Waals surface area contributed by atoms with E-state index in [2.05, 4.69) is 0 Å². The third-order valence-electron chi connectivity index (χ3n) is 7.16. The number of aliphatic hydroxyl groups is 1. The highest BCUT2D eigenvalue weighted by Crippen LogP contribution is 2.65. The molecule has 0 aromatic carbocycles. The predicted molar refractivity (Wildman–Crippen MR) is 80.1 cm³/mol. The summed E-state index contributed by atoms with van der Waals surface area (Å²) in [6.07, 6.45) is 0.342. The lowest BCUT2D eigenvalue weighted by atomic mass is 9.45. The van der Waals surface area contributed by atoms with Crippen LogP contribution in [0.15, 0.2) is 11.6 Å². The van der Waals surface area contributed by atoms with Gasteiger partial charge in [-0.2, -0.15) is 0 Å². The molecule has 1 heterocycles. The van der Waals surface area contributed by atoms with Crippen molar-refractivity contribution in [2.24, 2.45) is 34.5 Å². The molecular weight excluding hydrogens is 296 g/mol. The van der Waals surface area contributed by atoms with Gasteiger partial charge in [-0.15, -0.1) is 0 Å². The molecule has 1 aliphatic heterocycles. The van der Waals surface area contributed by atoms with Crippen LogP contribution in [0.3, 0.4) is 0 Å². The Morgan fingerprint density at radius 1 is 1.22 bits per heavy atom. The summed E-state index contributed by atoms with van der Waals surface area (Å²) in [4.78, 5) is 38.2. The van der Waals surface area contributed by atoms with Gasteiger partial charge in [0.15, 0.2) is 5.78 Å². The van der Waals surface area contributed by atoms with Crippen molar-refractivity contribution in [2.45, 2.75) is 46.3 Å². The minimum Gasteiger partial charge on any atom is -0.459 e. The van der Waals surface area contributed by atoms with Crippen LogP contribution < -0.4 is 0 Å². The van der Waals surface area contributed by atoms with E-state index in [-0.39, 0.29) is 23.4 Å². The molecule has 4 rings (SSSR count). The van der Waals surface area contributed by atoms with Crippen LogP contribution in [0.25, 0.3) is 0 Å². The van der Waals surface area contributed by atoms with Crippen LogP contribution in [-0.2, 0) is 19.1 Å². The minimum absolute atomic E-state index is 0.00169. The van der Waals surface area contributed by atoms with Gasteiger partial charge >= 0.3 is 5.97 Å². The molecule has 2 bridgehead atoms. The van der Waals surface area contributed by atoms with Crippen LogP contribution in [-0.4, -0.2) is 34.9 Å². The smallest absolute Gasteiger partial charge is 0.310 e. The first-order valence-corrected chi connectivity index (χ1v) is 8.33. The summed E-state index contributed by atoms with van der Waals surface area (Å²) in [5, 5.41) is 11.0. The largest absolute Gasteiger partial charge is 0.459 e. The predicted octanol–water partition coefficient (Wildman–Crippen LogP) is 1.29. The molecule has 124 valence electrons. The number of carbonyl (C=O) groups is 3. The number of aliphatic hydroxyl groups excluding tert-OH is 1. The van der Waals surface area contributed by atoms with Crippen LogP contribution in [0.2, 0.25) is 0 Å². The highest BCUT2D eigenvalue weighted by molar-refractivity contribution is 6.05. The fraction of sp³-hybridized carbons (Fsp3) is 0.722. The van der Waals surface area contributed by atoms with E-state index in [1.54, 1.807) is 13.0 Å². The third kappa shape index (κ3) is 1.41. The van der Waals surface area contributed by atoms with Crippen LogP contribution >= 0.6 is 0 Å². The summed E-state index contributed by atoms with van der Waals surface area (Å²) in [5.41, 5.74) is -1.15. The number of ketones is 2. The first-order valence-electron chi connectivity index (χ1n) is 8.33. The highest BCUT2D eigenvalue weighted by Gasteiger charge is 2.73. The maximum atomic E-state index is 13.0. The number of ether oxygens (including phenoxy) is 1. The van der Waals surface area contributed by atoms with Gasteiger partial charge in [-0.25, -0.2) is 0 Å². The number of hydrogen-bond acceptors (Lipinski definition) is 5. The monoisotopic (exact) mass is 318 g/mol. The van der Waals surface area contributed by atoms with E-state index in [1.165, 1.54) is 0 Å². The first-order chi connectivity index (χ1) is 10.6. The zero-order valence-corrected chi connectivity index (χ0v) is 13.8. The van der Waals surface area contributed by atoms with E-state index in [0.717, 1.165) is 5.57 Å². The first kappa shape index (κ1) is 15.1. The molecule has 0 unspecified atom stereocenters. The number of esters is 1. The standard InChI is InChI=1S/C18H22O5/c1-7-5-10(19)17(3)9(7)6-11(20)18(4)12-8(2)14(23-16(12)22)13(21)15(17)18/h6-8,12-15,21H,5H2,1-4H3/t7-,8-,12-,13+,14-,15-,17-,18+/m1/s1. The van der Waals surface area contributed by atoms with E-state index in [4.69, 9.17) is 4.74 Å². The van der Waals surface area contributed by atoms with Crippen molar-refractivity contribution < 1.29 is 24.2 Å². The van der Waals surface area contributed by atoms with Crippen molar-refractivity contribution >= 4 is 17.5 Å². The van der Waals surface area contributed by atoms with Crippen LogP contribution in [0.4, 0.5) is 0 Å². The number of rotatable bonds is 0. The number of fused-ring (bicyclic) bond motifs is 6. The molecule has 23 heavy (non-hydrogen) atoms. The topological polar surface area (TPSA) is 80.7 Å². The molecule has 8 atom stereocenters. The Kier molecular flexibility index (Phi) is 2.70. The Hall–Kier alpha value is -1.49. The zero-order chi connectivity index (χ0) is 16.9. The Morgan fingerprint density at radius 3 is 2.52 bits per heavy atom. The van der Waals surface area contributed by atoms with Gasteiger partial charge < -0.3 is 9.84 Å². The molecule has 2 saturated carbocycles. The lowest BCUT2D eigenvalue weighted by molar-refractivity contribution is -0.166. The molecule has 5 heteroatoms. The number of allylic oxidation sites excluding steroid dienone is 2. The van der Waals surface area contributed by atoms with Crippen molar-refractivity contribution in [3.63, 3.8) is 0 Å². The molecule has 0 radical (unpaired) electrons. The van der Waals surface area contributed by atoms with Gasteiger partial charge in [0.05, 0.1) is 22.9 Å². The van der Waals surface area contributed by atoms with E-state index in [9.17, 15) is 19.5 Å². The molecule has 0 spiro atoms. The molecular formula is C18H22O5.